The van der Waals surface area contributed by atoms with Gasteiger partial charge in [0.1, 0.15) is 5.82 Å². The maximum Gasteiger partial charge on any atom is 0.143 e. The molecule has 0 aliphatic carbocycles. The standard InChI is InChI=1S/C15H15ClFN/c1-10-3-4-11(2)12(7-10)9-18-13-5-6-14(16)15(17)8-13/h3-8,18H,9H2,1-2H3. The van der Waals surface area contributed by atoms with Crippen LogP contribution in [0.3, 0.4) is 0 Å². The van der Waals surface area contributed by atoms with Gasteiger partial charge in [0.25, 0.3) is 0 Å². The van der Waals surface area contributed by atoms with Gasteiger partial charge in [-0.2, -0.15) is 0 Å². The summed E-state index contributed by atoms with van der Waals surface area (Å²) in [5, 5.41) is 3.34. The third kappa shape index (κ3) is 3.02. The Kier molecular flexibility index (Phi) is 3.87. The SMILES string of the molecule is Cc1ccc(C)c(CNc2ccc(Cl)c(F)c2)c1. The van der Waals surface area contributed by atoms with Gasteiger partial charge in [0.2, 0.25) is 0 Å². The van der Waals surface area contributed by atoms with Crippen molar-refractivity contribution in [3.63, 3.8) is 0 Å². The Bertz CT molecular complexity index is 566. The lowest BCUT2D eigenvalue weighted by Gasteiger charge is -2.10. The van der Waals surface area contributed by atoms with E-state index in [9.17, 15) is 4.39 Å². The van der Waals surface area contributed by atoms with Crippen molar-refractivity contribution in [3.05, 3.63) is 63.9 Å². The molecule has 0 heterocycles. The van der Waals surface area contributed by atoms with E-state index in [4.69, 9.17) is 11.6 Å². The van der Waals surface area contributed by atoms with Gasteiger partial charge in [-0.1, -0.05) is 35.4 Å². The van der Waals surface area contributed by atoms with Gasteiger partial charge >= 0.3 is 0 Å². The number of benzene rings is 2. The number of anilines is 1. The molecule has 94 valence electrons. The molecule has 3 heteroatoms. The van der Waals surface area contributed by atoms with Crippen LogP contribution in [0.4, 0.5) is 10.1 Å². The van der Waals surface area contributed by atoms with Crippen molar-refractivity contribution in [2.24, 2.45) is 0 Å². The summed E-state index contributed by atoms with van der Waals surface area (Å²) in [7, 11) is 0. The maximum absolute atomic E-state index is 13.3. The molecule has 0 aromatic heterocycles. The number of aryl methyl sites for hydroxylation is 2. The summed E-state index contributed by atoms with van der Waals surface area (Å²) >= 11 is 5.64. The lowest BCUT2D eigenvalue weighted by molar-refractivity contribution is 0.628. The highest BCUT2D eigenvalue weighted by molar-refractivity contribution is 6.30. The summed E-state index contributed by atoms with van der Waals surface area (Å²) < 4.78 is 13.3. The number of nitrogens with one attached hydrogen (secondary N) is 1. The van der Waals surface area contributed by atoms with E-state index in [1.807, 2.05) is 0 Å². The van der Waals surface area contributed by atoms with Crippen LogP contribution in [0.15, 0.2) is 36.4 Å². The number of hydrogen-bond acceptors (Lipinski definition) is 1. The molecular weight excluding hydrogens is 249 g/mol. The Morgan fingerprint density at radius 1 is 1.11 bits per heavy atom. The van der Waals surface area contributed by atoms with E-state index < -0.39 is 5.82 Å². The minimum Gasteiger partial charge on any atom is -0.381 e. The topological polar surface area (TPSA) is 12.0 Å². The highest BCUT2D eigenvalue weighted by Gasteiger charge is 2.02. The maximum atomic E-state index is 13.3. The van der Waals surface area contributed by atoms with Crippen LogP contribution >= 0.6 is 11.6 Å². The molecule has 2 rings (SSSR count). The molecule has 1 nitrogen and oxygen atoms in total. The molecule has 1 N–H and O–H groups in total. The minimum atomic E-state index is -0.400. The average Bonchev–Trinajstić information content (AvgIpc) is 2.34. The predicted octanol–water partition coefficient (Wildman–Crippen LogP) is 4.71. The van der Waals surface area contributed by atoms with Crippen molar-refractivity contribution in [2.75, 3.05) is 5.32 Å². The molecule has 0 spiro atoms. The molecule has 0 atom stereocenters. The Hall–Kier alpha value is -1.54. The summed E-state index contributed by atoms with van der Waals surface area (Å²) in [5.74, 6) is -0.400. The van der Waals surface area contributed by atoms with Gasteiger partial charge in [0.15, 0.2) is 0 Å². The highest BCUT2D eigenvalue weighted by Crippen LogP contribution is 2.20. The van der Waals surface area contributed by atoms with Gasteiger partial charge < -0.3 is 5.32 Å². The number of halogens is 2. The van der Waals surface area contributed by atoms with Crippen molar-refractivity contribution in [2.45, 2.75) is 20.4 Å². The minimum absolute atomic E-state index is 0.146. The molecule has 0 saturated heterocycles. The predicted molar refractivity (Wildman–Crippen MR) is 74.7 cm³/mol. The van der Waals surface area contributed by atoms with E-state index in [-0.39, 0.29) is 5.02 Å². The first-order valence-electron chi connectivity index (χ1n) is 5.81. The molecular formula is C15H15ClFN. The van der Waals surface area contributed by atoms with E-state index in [2.05, 4.69) is 37.4 Å². The summed E-state index contributed by atoms with van der Waals surface area (Å²) in [6.45, 7) is 4.80. The molecule has 0 amide bonds. The van der Waals surface area contributed by atoms with Crippen LogP contribution in [0, 0.1) is 19.7 Å². The number of rotatable bonds is 3. The van der Waals surface area contributed by atoms with Gasteiger partial charge in [0.05, 0.1) is 5.02 Å². The summed E-state index contributed by atoms with van der Waals surface area (Å²) in [5.41, 5.74) is 4.39. The second kappa shape index (κ2) is 5.40. The Balaban J connectivity index is 2.11. The smallest absolute Gasteiger partial charge is 0.143 e. The van der Waals surface area contributed by atoms with Crippen LogP contribution in [0.2, 0.25) is 5.02 Å². The zero-order valence-corrected chi connectivity index (χ0v) is 11.2. The van der Waals surface area contributed by atoms with Crippen LogP contribution in [-0.4, -0.2) is 0 Å². The molecule has 2 aromatic carbocycles. The van der Waals surface area contributed by atoms with E-state index in [1.165, 1.54) is 22.8 Å². The van der Waals surface area contributed by atoms with Gasteiger partial charge in [-0.3, -0.25) is 0 Å². The van der Waals surface area contributed by atoms with E-state index in [0.29, 0.717) is 6.54 Å². The first kappa shape index (κ1) is 12.9. The lowest BCUT2D eigenvalue weighted by atomic mass is 10.1. The molecule has 0 saturated carbocycles. The van der Waals surface area contributed by atoms with Crippen LogP contribution in [-0.2, 0) is 6.54 Å². The van der Waals surface area contributed by atoms with Crippen LogP contribution in [0.25, 0.3) is 0 Å². The number of hydrogen-bond donors (Lipinski definition) is 1. The third-order valence-electron chi connectivity index (χ3n) is 2.91. The van der Waals surface area contributed by atoms with Gasteiger partial charge in [-0.05, 0) is 43.2 Å². The quantitative estimate of drug-likeness (QED) is 0.846. The van der Waals surface area contributed by atoms with Crippen molar-refractivity contribution >= 4 is 17.3 Å². The van der Waals surface area contributed by atoms with Crippen molar-refractivity contribution in [3.8, 4) is 0 Å². The molecule has 0 fully saturated rings. The zero-order valence-electron chi connectivity index (χ0n) is 10.4. The average molecular weight is 264 g/mol. The monoisotopic (exact) mass is 263 g/mol. The summed E-state index contributed by atoms with van der Waals surface area (Å²) in [6.07, 6.45) is 0. The van der Waals surface area contributed by atoms with Crippen molar-refractivity contribution < 1.29 is 4.39 Å². The Morgan fingerprint density at radius 2 is 1.89 bits per heavy atom. The van der Waals surface area contributed by atoms with Gasteiger partial charge in [-0.15, -0.1) is 0 Å². The van der Waals surface area contributed by atoms with E-state index in [0.717, 1.165) is 5.69 Å². The normalized spacial score (nSPS) is 10.4. The Morgan fingerprint density at radius 3 is 2.61 bits per heavy atom. The fraction of sp³-hybridized carbons (Fsp3) is 0.200. The first-order chi connectivity index (χ1) is 8.56. The molecule has 18 heavy (non-hydrogen) atoms. The Labute approximate surface area is 112 Å². The largest absolute Gasteiger partial charge is 0.381 e. The molecule has 0 aliphatic rings. The van der Waals surface area contributed by atoms with Gasteiger partial charge in [0, 0.05) is 12.2 Å². The molecule has 0 bridgehead atoms. The van der Waals surface area contributed by atoms with Crippen LogP contribution < -0.4 is 5.32 Å². The zero-order chi connectivity index (χ0) is 13.1. The van der Waals surface area contributed by atoms with Crippen LogP contribution in [0.1, 0.15) is 16.7 Å². The van der Waals surface area contributed by atoms with Crippen molar-refractivity contribution in [1.82, 2.24) is 0 Å². The molecule has 0 unspecified atom stereocenters. The lowest BCUT2D eigenvalue weighted by Crippen LogP contribution is -2.02. The second-order valence-electron chi connectivity index (χ2n) is 4.41. The third-order valence-corrected chi connectivity index (χ3v) is 3.21. The van der Waals surface area contributed by atoms with E-state index in [1.54, 1.807) is 12.1 Å². The summed E-state index contributed by atoms with van der Waals surface area (Å²) in [4.78, 5) is 0. The fourth-order valence-corrected chi connectivity index (χ4v) is 1.91. The second-order valence-corrected chi connectivity index (χ2v) is 4.82. The molecule has 0 radical (unpaired) electrons. The molecule has 0 aliphatic heterocycles. The van der Waals surface area contributed by atoms with Gasteiger partial charge in [-0.25, -0.2) is 4.39 Å². The fourth-order valence-electron chi connectivity index (χ4n) is 1.79. The van der Waals surface area contributed by atoms with Crippen molar-refractivity contribution in [1.29, 1.82) is 0 Å². The molecule has 2 aromatic rings. The first-order valence-corrected chi connectivity index (χ1v) is 6.19. The summed E-state index contributed by atoms with van der Waals surface area (Å²) in [6, 6.07) is 11.1. The highest BCUT2D eigenvalue weighted by atomic mass is 35.5. The van der Waals surface area contributed by atoms with Crippen LogP contribution in [0.5, 0.6) is 0 Å². The van der Waals surface area contributed by atoms with E-state index >= 15 is 0 Å².